The van der Waals surface area contributed by atoms with Crippen LogP contribution in [0.2, 0.25) is 10.0 Å². The number of aromatic nitrogens is 2. The number of likely N-dealkylation sites (tertiary alicyclic amines) is 1. The Morgan fingerprint density at radius 3 is 2.82 bits per heavy atom. The van der Waals surface area contributed by atoms with Gasteiger partial charge in [-0.1, -0.05) is 23.2 Å². The molecule has 28 heavy (non-hydrogen) atoms. The van der Waals surface area contributed by atoms with Gasteiger partial charge in [0.25, 0.3) is 5.91 Å². The summed E-state index contributed by atoms with van der Waals surface area (Å²) in [6.45, 7) is 2.35. The molecule has 1 aromatic carbocycles. The Kier molecular flexibility index (Phi) is 6.21. The summed E-state index contributed by atoms with van der Waals surface area (Å²) < 4.78 is 4.84. The minimum atomic E-state index is -0.642. The number of H-pyrrole nitrogens is 1. The first-order chi connectivity index (χ1) is 13.4. The van der Waals surface area contributed by atoms with Gasteiger partial charge in [0.05, 0.1) is 22.8 Å². The van der Waals surface area contributed by atoms with Crippen LogP contribution in [0.25, 0.3) is 0 Å². The van der Waals surface area contributed by atoms with E-state index < -0.39 is 12.0 Å². The van der Waals surface area contributed by atoms with Crippen molar-refractivity contribution in [1.82, 2.24) is 14.9 Å². The van der Waals surface area contributed by atoms with Crippen LogP contribution in [0.4, 0.5) is 5.82 Å². The smallest absolute Gasteiger partial charge is 0.374 e. The molecule has 1 aromatic heterocycles. The molecule has 0 unspecified atom stereocenters. The maximum Gasteiger partial charge on any atom is 0.374 e. The number of aromatic amines is 1. The standard InChI is InChI=1S/C18H18Cl2N4O4/c1-2-28-18(27)15-21-9-14(22-15)23-16(25)13-4-3-7-24(13)17(26)10-5-6-11(19)12(20)8-10/h5-6,8-9,13H,2-4,7H2,1H3,(H,21,22)(H,23,25)/t13-/m1/s1. The van der Waals surface area contributed by atoms with Crippen molar-refractivity contribution in [2.75, 3.05) is 18.5 Å². The number of nitrogens with one attached hydrogen (secondary N) is 2. The van der Waals surface area contributed by atoms with Crippen molar-refractivity contribution in [2.45, 2.75) is 25.8 Å². The van der Waals surface area contributed by atoms with Gasteiger partial charge in [0.1, 0.15) is 11.9 Å². The maximum absolute atomic E-state index is 12.8. The predicted molar refractivity (Wildman–Crippen MR) is 104 cm³/mol. The molecule has 0 saturated carbocycles. The first-order valence-electron chi connectivity index (χ1n) is 8.69. The Morgan fingerprint density at radius 2 is 2.11 bits per heavy atom. The van der Waals surface area contributed by atoms with Gasteiger partial charge < -0.3 is 19.9 Å². The molecule has 2 aromatic rings. The fraction of sp³-hybridized carbons (Fsp3) is 0.333. The van der Waals surface area contributed by atoms with Crippen molar-refractivity contribution in [3.63, 3.8) is 0 Å². The average molecular weight is 425 g/mol. The molecule has 1 aliphatic heterocycles. The van der Waals surface area contributed by atoms with Crippen LogP contribution in [-0.4, -0.2) is 51.8 Å². The van der Waals surface area contributed by atoms with E-state index >= 15 is 0 Å². The molecule has 1 aliphatic rings. The average Bonchev–Trinajstić information content (AvgIpc) is 3.33. The number of halogens is 2. The molecule has 0 bridgehead atoms. The lowest BCUT2D eigenvalue weighted by Crippen LogP contribution is -2.43. The van der Waals surface area contributed by atoms with Gasteiger partial charge in [-0.25, -0.2) is 9.78 Å². The molecule has 2 amide bonds. The molecule has 1 fully saturated rings. The number of carbonyl (C=O) groups excluding carboxylic acids is 3. The van der Waals surface area contributed by atoms with E-state index in [1.54, 1.807) is 19.1 Å². The Morgan fingerprint density at radius 1 is 1.32 bits per heavy atom. The van der Waals surface area contributed by atoms with Crippen molar-refractivity contribution in [1.29, 1.82) is 0 Å². The number of carbonyl (C=O) groups is 3. The molecule has 1 atom stereocenters. The third-order valence-electron chi connectivity index (χ3n) is 4.29. The molecule has 1 saturated heterocycles. The number of rotatable bonds is 5. The number of anilines is 1. The Balaban J connectivity index is 1.70. The number of hydrogen-bond acceptors (Lipinski definition) is 5. The maximum atomic E-state index is 12.8. The van der Waals surface area contributed by atoms with Crippen LogP contribution in [0, 0.1) is 0 Å². The molecule has 10 heteroatoms. The predicted octanol–water partition coefficient (Wildman–Crippen LogP) is 3.14. The quantitative estimate of drug-likeness (QED) is 0.717. The molecule has 0 radical (unpaired) electrons. The lowest BCUT2D eigenvalue weighted by atomic mass is 10.1. The molecule has 3 rings (SSSR count). The minimum absolute atomic E-state index is 0.00712. The summed E-state index contributed by atoms with van der Waals surface area (Å²) in [5.74, 6) is -1.03. The molecule has 0 spiro atoms. The van der Waals surface area contributed by atoms with Gasteiger partial charge in [-0.15, -0.1) is 0 Å². The second-order valence-corrected chi connectivity index (χ2v) is 6.96. The van der Waals surface area contributed by atoms with E-state index in [0.717, 1.165) is 0 Å². The van der Waals surface area contributed by atoms with Gasteiger partial charge in [0, 0.05) is 12.1 Å². The zero-order valence-corrected chi connectivity index (χ0v) is 16.5. The minimum Gasteiger partial charge on any atom is -0.460 e. The van der Waals surface area contributed by atoms with Gasteiger partial charge in [0.15, 0.2) is 0 Å². The zero-order chi connectivity index (χ0) is 20.3. The van der Waals surface area contributed by atoms with Crippen LogP contribution < -0.4 is 5.32 Å². The molecule has 148 valence electrons. The van der Waals surface area contributed by atoms with Crippen LogP contribution in [0.1, 0.15) is 40.7 Å². The highest BCUT2D eigenvalue weighted by Crippen LogP contribution is 2.26. The van der Waals surface area contributed by atoms with Crippen molar-refractivity contribution < 1.29 is 19.1 Å². The van der Waals surface area contributed by atoms with Gasteiger partial charge in [-0.3, -0.25) is 9.59 Å². The van der Waals surface area contributed by atoms with Crippen LogP contribution >= 0.6 is 23.2 Å². The van der Waals surface area contributed by atoms with E-state index in [-0.39, 0.29) is 35.1 Å². The largest absolute Gasteiger partial charge is 0.460 e. The summed E-state index contributed by atoms with van der Waals surface area (Å²) in [6, 6.07) is 3.96. The highest BCUT2D eigenvalue weighted by molar-refractivity contribution is 6.42. The van der Waals surface area contributed by atoms with E-state index in [0.29, 0.717) is 30.0 Å². The van der Waals surface area contributed by atoms with Crippen LogP contribution in [0.5, 0.6) is 0 Å². The van der Waals surface area contributed by atoms with Crippen molar-refractivity contribution in [2.24, 2.45) is 0 Å². The van der Waals surface area contributed by atoms with Gasteiger partial charge >= 0.3 is 5.97 Å². The molecule has 2 N–H and O–H groups in total. The van der Waals surface area contributed by atoms with Crippen LogP contribution in [0.3, 0.4) is 0 Å². The van der Waals surface area contributed by atoms with Crippen molar-refractivity contribution >= 4 is 46.8 Å². The molecular formula is C18H18Cl2N4O4. The molecular weight excluding hydrogens is 407 g/mol. The van der Waals surface area contributed by atoms with Gasteiger partial charge in [-0.2, -0.15) is 0 Å². The lowest BCUT2D eigenvalue weighted by molar-refractivity contribution is -0.119. The Hall–Kier alpha value is -2.58. The highest BCUT2D eigenvalue weighted by atomic mass is 35.5. The summed E-state index contributed by atoms with van der Waals surface area (Å²) in [6.07, 6.45) is 2.55. The van der Waals surface area contributed by atoms with Crippen LogP contribution in [0.15, 0.2) is 24.4 Å². The summed E-state index contributed by atoms with van der Waals surface area (Å²) in [5, 5.41) is 3.28. The van der Waals surface area contributed by atoms with Gasteiger partial charge in [0.2, 0.25) is 11.7 Å². The van der Waals surface area contributed by atoms with E-state index in [1.807, 2.05) is 0 Å². The SMILES string of the molecule is CCOC(=O)c1ncc(NC(=O)[C@H]2CCCN2C(=O)c2ccc(Cl)c(Cl)c2)[nH]1. The third kappa shape index (κ3) is 4.28. The summed E-state index contributed by atoms with van der Waals surface area (Å²) in [5.41, 5.74) is 0.361. The fourth-order valence-electron chi connectivity index (χ4n) is 2.98. The third-order valence-corrected chi connectivity index (χ3v) is 5.02. The monoisotopic (exact) mass is 424 g/mol. The van der Waals surface area contributed by atoms with E-state index in [4.69, 9.17) is 27.9 Å². The van der Waals surface area contributed by atoms with Crippen molar-refractivity contribution in [3.05, 3.63) is 45.8 Å². The highest BCUT2D eigenvalue weighted by Gasteiger charge is 2.35. The number of hydrogen-bond donors (Lipinski definition) is 2. The van der Waals surface area contributed by atoms with Crippen LogP contribution in [-0.2, 0) is 9.53 Å². The first kappa shape index (κ1) is 20.2. The number of nitrogens with zero attached hydrogens (tertiary/aromatic N) is 2. The topological polar surface area (TPSA) is 104 Å². The molecule has 2 heterocycles. The number of benzene rings is 1. The van der Waals surface area contributed by atoms with Crippen molar-refractivity contribution in [3.8, 4) is 0 Å². The van der Waals surface area contributed by atoms with E-state index in [1.165, 1.54) is 17.2 Å². The normalized spacial score (nSPS) is 16.1. The number of amides is 2. The second kappa shape index (κ2) is 8.62. The summed E-state index contributed by atoms with van der Waals surface area (Å²) >= 11 is 11.9. The number of esters is 1. The number of imidazole rings is 1. The van der Waals surface area contributed by atoms with Gasteiger partial charge in [-0.05, 0) is 38.0 Å². The zero-order valence-electron chi connectivity index (χ0n) is 15.0. The summed E-state index contributed by atoms with van der Waals surface area (Å²) in [7, 11) is 0. The molecule has 8 nitrogen and oxygen atoms in total. The Bertz CT molecular complexity index is 915. The molecule has 0 aliphatic carbocycles. The first-order valence-corrected chi connectivity index (χ1v) is 9.45. The Labute approximate surface area is 171 Å². The second-order valence-electron chi connectivity index (χ2n) is 6.14. The van der Waals surface area contributed by atoms with E-state index in [9.17, 15) is 14.4 Å². The fourth-order valence-corrected chi connectivity index (χ4v) is 3.28. The summed E-state index contributed by atoms with van der Waals surface area (Å²) in [4.78, 5) is 45.2. The number of ether oxygens (including phenoxy) is 1. The lowest BCUT2D eigenvalue weighted by Gasteiger charge is -2.24. The van der Waals surface area contributed by atoms with E-state index in [2.05, 4.69) is 15.3 Å².